The van der Waals surface area contributed by atoms with Crippen molar-refractivity contribution >= 4 is 12.0 Å². The van der Waals surface area contributed by atoms with Crippen LogP contribution in [0.2, 0.25) is 0 Å². The van der Waals surface area contributed by atoms with E-state index in [2.05, 4.69) is 9.97 Å². The molecule has 2 heterocycles. The van der Waals surface area contributed by atoms with E-state index >= 15 is 0 Å². The van der Waals surface area contributed by atoms with Crippen LogP contribution in [0.4, 0.5) is 10.7 Å². The van der Waals surface area contributed by atoms with Gasteiger partial charge in [0.25, 0.3) is 11.5 Å². The third-order valence-corrected chi connectivity index (χ3v) is 2.92. The Morgan fingerprint density at radius 3 is 2.77 bits per heavy atom. The Morgan fingerprint density at radius 1 is 1.50 bits per heavy atom. The van der Waals surface area contributed by atoms with Gasteiger partial charge in [-0.2, -0.15) is 0 Å². The molecule has 1 aromatic heterocycles. The summed E-state index contributed by atoms with van der Waals surface area (Å²) in [7, 11) is 0. The first kappa shape index (κ1) is 15.7. The summed E-state index contributed by atoms with van der Waals surface area (Å²) < 4.78 is 5.26. The van der Waals surface area contributed by atoms with Crippen LogP contribution in [0.3, 0.4) is 0 Å². The van der Waals surface area contributed by atoms with Crippen molar-refractivity contribution in [2.45, 2.75) is 39.3 Å². The first-order chi connectivity index (χ1) is 10.2. The zero-order chi connectivity index (χ0) is 16.5. The quantitative estimate of drug-likeness (QED) is 0.606. The fourth-order valence-corrected chi connectivity index (χ4v) is 2.05. The lowest BCUT2D eigenvalue weighted by Crippen LogP contribution is -2.42. The molecule has 10 heteroatoms. The smallest absolute Gasteiger partial charge is 0.410 e. The van der Waals surface area contributed by atoms with E-state index in [0.29, 0.717) is 24.2 Å². The number of nitrogens with one attached hydrogen (secondary N) is 2. The van der Waals surface area contributed by atoms with Gasteiger partial charge in [-0.15, -0.1) is 0 Å². The largest absolute Gasteiger partial charge is 0.444 e. The van der Waals surface area contributed by atoms with Gasteiger partial charge in [0.2, 0.25) is 0 Å². The minimum atomic E-state index is -0.805. The van der Waals surface area contributed by atoms with Crippen LogP contribution in [0, 0.1) is 10.1 Å². The van der Waals surface area contributed by atoms with Crippen LogP contribution < -0.4 is 11.0 Å². The summed E-state index contributed by atoms with van der Waals surface area (Å²) in [5.41, 5.74) is 1.43. The normalized spacial score (nSPS) is 14.2. The van der Waals surface area contributed by atoms with E-state index in [4.69, 9.17) is 4.74 Å². The number of anilines is 1. The molecule has 0 aromatic carbocycles. The summed E-state index contributed by atoms with van der Waals surface area (Å²) in [5, 5.41) is 9.58. The van der Waals surface area contributed by atoms with Crippen LogP contribution in [0.1, 0.15) is 32.0 Å². The zero-order valence-corrected chi connectivity index (χ0v) is 12.5. The number of aromatic nitrogens is 2. The molecular weight excluding hydrogens is 294 g/mol. The Balaban J connectivity index is 2.19. The Bertz CT molecular complexity index is 663. The summed E-state index contributed by atoms with van der Waals surface area (Å²) in [6.07, 6.45) is -0.185. The Hall–Kier alpha value is -2.65. The van der Waals surface area contributed by atoms with Gasteiger partial charge in [0.1, 0.15) is 5.60 Å². The molecule has 120 valence electrons. The van der Waals surface area contributed by atoms with E-state index in [0.717, 1.165) is 0 Å². The van der Waals surface area contributed by atoms with Crippen molar-refractivity contribution in [3.63, 3.8) is 0 Å². The first-order valence-corrected chi connectivity index (χ1v) is 6.67. The monoisotopic (exact) mass is 311 g/mol. The molecule has 22 heavy (non-hydrogen) atoms. The minimum Gasteiger partial charge on any atom is -0.444 e. The molecule has 2 rings (SSSR count). The number of aromatic amines is 1. The number of hydrogen-bond acceptors (Lipinski definition) is 6. The molecular formula is C12H17N5O5. The van der Waals surface area contributed by atoms with E-state index in [1.54, 1.807) is 20.8 Å². The van der Waals surface area contributed by atoms with Gasteiger partial charge in [-0.05, 0) is 20.8 Å². The lowest BCUT2D eigenvalue weighted by Gasteiger charge is -2.30. The lowest BCUT2D eigenvalue weighted by molar-refractivity contribution is -0.446. The molecule has 0 aliphatic carbocycles. The molecule has 0 radical (unpaired) electrons. The third kappa shape index (κ3) is 3.71. The van der Waals surface area contributed by atoms with E-state index < -0.39 is 22.3 Å². The van der Waals surface area contributed by atoms with Crippen molar-refractivity contribution in [1.82, 2.24) is 14.9 Å². The fraction of sp³-hybridized carbons (Fsp3) is 0.583. The van der Waals surface area contributed by atoms with Crippen molar-refractivity contribution in [1.29, 1.82) is 0 Å². The second kappa shape index (κ2) is 5.62. The second-order valence-electron chi connectivity index (χ2n) is 5.86. The van der Waals surface area contributed by atoms with Crippen LogP contribution >= 0.6 is 0 Å². The molecule has 10 nitrogen and oxygen atoms in total. The molecule has 0 saturated carbocycles. The van der Waals surface area contributed by atoms with E-state index in [1.807, 2.05) is 5.43 Å². The van der Waals surface area contributed by atoms with Crippen LogP contribution in [-0.4, -0.2) is 38.1 Å². The van der Waals surface area contributed by atoms with Gasteiger partial charge in [-0.1, -0.05) is 5.43 Å². The fourth-order valence-electron chi connectivity index (χ4n) is 2.05. The van der Waals surface area contributed by atoms with Crippen molar-refractivity contribution < 1.29 is 14.6 Å². The number of nitro groups is 1. The summed E-state index contributed by atoms with van der Waals surface area (Å²) in [6.45, 7) is 5.66. The Labute approximate surface area is 125 Å². The van der Waals surface area contributed by atoms with Crippen molar-refractivity contribution in [2.75, 3.05) is 12.0 Å². The second-order valence-corrected chi connectivity index (χ2v) is 5.86. The van der Waals surface area contributed by atoms with Gasteiger partial charge < -0.3 is 9.64 Å². The van der Waals surface area contributed by atoms with Gasteiger partial charge in [0, 0.05) is 13.0 Å². The molecule has 1 amide bonds. The number of amides is 1. The number of rotatable bonds is 2. The maximum Gasteiger partial charge on any atom is 0.410 e. The van der Waals surface area contributed by atoms with Gasteiger partial charge in [-0.25, -0.2) is 19.9 Å². The molecule has 0 saturated heterocycles. The standard InChI is InChI=1S/C12H17N5O5/c1-12(2,3)22-11(19)16-5-4-8-7(6-16)9(18)14-10(13-8)15-17(20)21/h4-6H2,1-3H3,(H2,13,14,15,18). The van der Waals surface area contributed by atoms with Gasteiger partial charge in [-0.3, -0.25) is 9.78 Å². The Morgan fingerprint density at radius 2 is 2.18 bits per heavy atom. The third-order valence-electron chi connectivity index (χ3n) is 2.92. The average molecular weight is 311 g/mol. The van der Waals surface area contributed by atoms with E-state index in [9.17, 15) is 19.7 Å². The van der Waals surface area contributed by atoms with Crippen LogP contribution in [0.15, 0.2) is 4.79 Å². The number of H-pyrrole nitrogens is 1. The maximum absolute atomic E-state index is 12.0. The molecule has 0 unspecified atom stereocenters. The minimum absolute atomic E-state index is 0.0608. The number of nitrogens with zero attached hydrogens (tertiary/aromatic N) is 3. The average Bonchev–Trinajstić information content (AvgIpc) is 2.35. The summed E-state index contributed by atoms with van der Waals surface area (Å²) in [5.74, 6) is -0.223. The molecule has 0 bridgehead atoms. The first-order valence-electron chi connectivity index (χ1n) is 6.67. The molecule has 1 aliphatic rings. The summed E-state index contributed by atoms with van der Waals surface area (Å²) in [4.78, 5) is 42.1. The number of ether oxygens (including phenoxy) is 1. The molecule has 1 aromatic rings. The highest BCUT2D eigenvalue weighted by Crippen LogP contribution is 2.18. The highest BCUT2D eigenvalue weighted by molar-refractivity contribution is 5.68. The highest BCUT2D eigenvalue weighted by Gasteiger charge is 2.28. The number of fused-ring (bicyclic) bond motifs is 1. The molecule has 2 N–H and O–H groups in total. The van der Waals surface area contributed by atoms with Crippen LogP contribution in [0.5, 0.6) is 0 Å². The lowest BCUT2D eigenvalue weighted by atomic mass is 10.1. The molecule has 0 atom stereocenters. The number of carbonyl (C=O) groups excluding carboxylic acids is 1. The number of carbonyl (C=O) groups is 1. The predicted octanol–water partition coefficient (Wildman–Crippen LogP) is 0.667. The topological polar surface area (TPSA) is 130 Å². The van der Waals surface area contributed by atoms with Crippen molar-refractivity contribution in [2.24, 2.45) is 0 Å². The zero-order valence-electron chi connectivity index (χ0n) is 12.5. The highest BCUT2D eigenvalue weighted by atomic mass is 16.7. The molecule has 1 aliphatic heterocycles. The molecule has 0 spiro atoms. The van der Waals surface area contributed by atoms with Crippen molar-refractivity contribution in [3.05, 3.63) is 31.7 Å². The van der Waals surface area contributed by atoms with Crippen LogP contribution in [0.25, 0.3) is 0 Å². The van der Waals surface area contributed by atoms with Gasteiger partial charge >= 0.3 is 6.09 Å². The van der Waals surface area contributed by atoms with Gasteiger partial charge in [0.15, 0.2) is 5.03 Å². The SMILES string of the molecule is CC(C)(C)OC(=O)N1CCc2nc(N[N+](=O)[O-])[nH]c(=O)c2C1. The van der Waals surface area contributed by atoms with Gasteiger partial charge in [0.05, 0.1) is 17.8 Å². The van der Waals surface area contributed by atoms with E-state index in [-0.39, 0.29) is 12.5 Å². The Kier molecular flexibility index (Phi) is 4.02. The summed E-state index contributed by atoms with van der Waals surface area (Å²) >= 11 is 0. The molecule has 0 fully saturated rings. The van der Waals surface area contributed by atoms with E-state index in [1.165, 1.54) is 4.90 Å². The van der Waals surface area contributed by atoms with Crippen LogP contribution in [-0.2, 0) is 17.7 Å². The number of hydrogen-bond donors (Lipinski definition) is 2. The predicted molar refractivity (Wildman–Crippen MR) is 75.8 cm³/mol. The van der Waals surface area contributed by atoms with Crippen molar-refractivity contribution in [3.8, 4) is 0 Å². The summed E-state index contributed by atoms with van der Waals surface area (Å²) in [6, 6.07) is 0. The maximum atomic E-state index is 12.0. The number of hydrazine groups is 1.